The van der Waals surface area contributed by atoms with E-state index in [0.29, 0.717) is 22.7 Å². The Labute approximate surface area is 165 Å². The van der Waals surface area contributed by atoms with Crippen LogP contribution in [0.2, 0.25) is 5.02 Å². The van der Waals surface area contributed by atoms with Crippen molar-refractivity contribution in [3.63, 3.8) is 0 Å². The number of primary amides is 1. The summed E-state index contributed by atoms with van der Waals surface area (Å²) in [5, 5.41) is 7.52. The number of carbonyl (C=O) groups is 3. The molecule has 0 bridgehead atoms. The van der Waals surface area contributed by atoms with Gasteiger partial charge in [-0.15, -0.1) is 11.3 Å². The molecule has 0 radical (unpaired) electrons. The molecule has 8 nitrogen and oxygen atoms in total. The van der Waals surface area contributed by atoms with Gasteiger partial charge in [-0.05, 0) is 32.8 Å². The van der Waals surface area contributed by atoms with E-state index in [2.05, 4.69) is 10.4 Å². The van der Waals surface area contributed by atoms with Crippen molar-refractivity contribution >= 4 is 45.7 Å². The van der Waals surface area contributed by atoms with Crippen molar-refractivity contribution in [1.29, 1.82) is 0 Å². The molecule has 2 heterocycles. The number of esters is 1. The molecule has 0 aromatic carbocycles. The smallest absolute Gasteiger partial charge is 0.341 e. The SMILES string of the molecule is CCCOC(=O)c1c(NC(=O)C(C)n2cc(Cl)c(C)n2)sc(C(N)=O)c1C. The number of anilines is 1. The molecule has 3 N–H and O–H groups in total. The fourth-order valence-electron chi connectivity index (χ4n) is 2.34. The molecule has 0 fully saturated rings. The van der Waals surface area contributed by atoms with Gasteiger partial charge in [0, 0.05) is 6.20 Å². The van der Waals surface area contributed by atoms with Crippen molar-refractivity contribution in [2.75, 3.05) is 11.9 Å². The summed E-state index contributed by atoms with van der Waals surface area (Å²) in [5.74, 6) is -1.71. The number of thiophene rings is 1. The lowest BCUT2D eigenvalue weighted by molar-refractivity contribution is -0.119. The minimum Gasteiger partial charge on any atom is -0.462 e. The van der Waals surface area contributed by atoms with Crippen LogP contribution in [0.3, 0.4) is 0 Å². The summed E-state index contributed by atoms with van der Waals surface area (Å²) in [6, 6.07) is -0.685. The molecule has 2 amide bonds. The minimum absolute atomic E-state index is 0.137. The highest BCUT2D eigenvalue weighted by molar-refractivity contribution is 7.18. The lowest BCUT2D eigenvalue weighted by atomic mass is 10.1. The summed E-state index contributed by atoms with van der Waals surface area (Å²) in [6.45, 7) is 7.06. The van der Waals surface area contributed by atoms with Gasteiger partial charge in [0.25, 0.3) is 5.91 Å². The van der Waals surface area contributed by atoms with Gasteiger partial charge in [0.05, 0.1) is 27.8 Å². The van der Waals surface area contributed by atoms with E-state index >= 15 is 0 Å². The van der Waals surface area contributed by atoms with Crippen molar-refractivity contribution in [3.8, 4) is 0 Å². The van der Waals surface area contributed by atoms with Crippen LogP contribution in [0.15, 0.2) is 6.20 Å². The maximum Gasteiger partial charge on any atom is 0.341 e. The second-order valence-corrected chi connectivity index (χ2v) is 7.40. The molecular weight excluding hydrogens is 392 g/mol. The highest BCUT2D eigenvalue weighted by Crippen LogP contribution is 2.34. The maximum atomic E-state index is 12.6. The summed E-state index contributed by atoms with van der Waals surface area (Å²) in [4.78, 5) is 36.9. The first kappa shape index (κ1) is 20.9. The Bertz CT molecular complexity index is 870. The van der Waals surface area contributed by atoms with Gasteiger partial charge in [0.15, 0.2) is 0 Å². The predicted molar refractivity (Wildman–Crippen MR) is 103 cm³/mol. The van der Waals surface area contributed by atoms with Gasteiger partial charge in [0.2, 0.25) is 5.91 Å². The largest absolute Gasteiger partial charge is 0.462 e. The van der Waals surface area contributed by atoms with Gasteiger partial charge in [-0.1, -0.05) is 18.5 Å². The number of halogens is 1. The molecule has 0 aliphatic heterocycles. The van der Waals surface area contributed by atoms with Crippen LogP contribution in [0.5, 0.6) is 0 Å². The van der Waals surface area contributed by atoms with E-state index < -0.39 is 23.8 Å². The fraction of sp³-hybridized carbons (Fsp3) is 0.412. The number of amides is 2. The third kappa shape index (κ3) is 4.48. The standard InChI is InChI=1S/C17H21ClN4O4S/c1-5-6-26-17(25)12-8(2)13(14(19)23)27-16(12)20-15(24)10(4)22-7-11(18)9(3)21-22/h7,10H,5-6H2,1-4H3,(H2,19,23)(H,20,24). The van der Waals surface area contributed by atoms with Crippen molar-refractivity contribution in [3.05, 3.63) is 32.9 Å². The van der Waals surface area contributed by atoms with Crippen LogP contribution in [0.25, 0.3) is 0 Å². The van der Waals surface area contributed by atoms with Crippen LogP contribution in [-0.2, 0) is 9.53 Å². The Morgan fingerprint density at radius 1 is 1.41 bits per heavy atom. The normalized spacial score (nSPS) is 11.9. The summed E-state index contributed by atoms with van der Waals surface area (Å²) in [5.41, 5.74) is 6.50. The van der Waals surface area contributed by atoms with Crippen LogP contribution < -0.4 is 11.1 Å². The van der Waals surface area contributed by atoms with Crippen LogP contribution in [-0.4, -0.2) is 34.2 Å². The Kier molecular flexibility index (Phi) is 6.61. The number of carbonyl (C=O) groups excluding carboxylic acids is 3. The Morgan fingerprint density at radius 2 is 2.07 bits per heavy atom. The van der Waals surface area contributed by atoms with Gasteiger partial charge in [-0.25, -0.2) is 4.79 Å². The summed E-state index contributed by atoms with van der Waals surface area (Å²) in [6.07, 6.45) is 2.20. The predicted octanol–water partition coefficient (Wildman–Crippen LogP) is 3.08. The van der Waals surface area contributed by atoms with Crippen LogP contribution in [0.4, 0.5) is 5.00 Å². The van der Waals surface area contributed by atoms with Gasteiger partial charge in [0.1, 0.15) is 11.0 Å². The molecule has 0 aliphatic rings. The minimum atomic E-state index is -0.685. The lowest BCUT2D eigenvalue weighted by Gasteiger charge is -2.13. The molecule has 1 atom stereocenters. The fourth-order valence-corrected chi connectivity index (χ4v) is 3.53. The first-order valence-corrected chi connectivity index (χ1v) is 9.49. The molecule has 0 spiro atoms. The number of ether oxygens (including phenoxy) is 1. The number of nitrogens with one attached hydrogen (secondary N) is 1. The Hall–Kier alpha value is -2.39. The van der Waals surface area contributed by atoms with E-state index in [1.165, 1.54) is 4.68 Å². The van der Waals surface area contributed by atoms with E-state index in [9.17, 15) is 14.4 Å². The third-order valence-corrected chi connectivity index (χ3v) is 5.47. The molecule has 2 aromatic heterocycles. The molecular formula is C17H21ClN4O4S. The monoisotopic (exact) mass is 412 g/mol. The second kappa shape index (κ2) is 8.53. The highest BCUT2D eigenvalue weighted by atomic mass is 35.5. The van der Waals surface area contributed by atoms with Crippen molar-refractivity contribution in [2.45, 2.75) is 40.2 Å². The van der Waals surface area contributed by atoms with Gasteiger partial charge < -0.3 is 15.8 Å². The summed E-state index contributed by atoms with van der Waals surface area (Å²) >= 11 is 6.93. The molecule has 10 heteroatoms. The van der Waals surface area contributed by atoms with E-state index in [1.54, 1.807) is 27.0 Å². The maximum absolute atomic E-state index is 12.6. The lowest BCUT2D eigenvalue weighted by Crippen LogP contribution is -2.24. The van der Waals surface area contributed by atoms with Gasteiger partial charge >= 0.3 is 5.97 Å². The Morgan fingerprint density at radius 3 is 2.59 bits per heavy atom. The zero-order valence-corrected chi connectivity index (χ0v) is 17.0. The van der Waals surface area contributed by atoms with Crippen molar-refractivity contribution < 1.29 is 19.1 Å². The summed E-state index contributed by atoms with van der Waals surface area (Å²) in [7, 11) is 0. The number of nitrogens with zero attached hydrogens (tertiary/aromatic N) is 2. The van der Waals surface area contributed by atoms with E-state index in [-0.39, 0.29) is 22.0 Å². The molecule has 2 rings (SSSR count). The number of nitrogens with two attached hydrogens (primary N) is 1. The Balaban J connectivity index is 2.33. The summed E-state index contributed by atoms with van der Waals surface area (Å²) < 4.78 is 6.59. The molecule has 146 valence electrons. The molecule has 0 aliphatic carbocycles. The van der Waals surface area contributed by atoms with Gasteiger partial charge in [-0.3, -0.25) is 14.3 Å². The highest BCUT2D eigenvalue weighted by Gasteiger charge is 2.27. The number of aryl methyl sites for hydroxylation is 1. The molecule has 0 saturated heterocycles. The van der Waals surface area contributed by atoms with Crippen LogP contribution in [0.1, 0.15) is 57.6 Å². The van der Waals surface area contributed by atoms with Crippen molar-refractivity contribution in [2.24, 2.45) is 5.73 Å². The molecule has 0 saturated carbocycles. The van der Waals surface area contributed by atoms with E-state index in [4.69, 9.17) is 22.1 Å². The van der Waals surface area contributed by atoms with E-state index in [1.807, 2.05) is 6.92 Å². The number of hydrogen-bond donors (Lipinski definition) is 2. The number of hydrogen-bond acceptors (Lipinski definition) is 6. The first-order chi connectivity index (χ1) is 12.7. The third-order valence-electron chi connectivity index (χ3n) is 3.88. The average Bonchev–Trinajstić information content (AvgIpc) is 3.11. The zero-order chi connectivity index (χ0) is 20.3. The first-order valence-electron chi connectivity index (χ1n) is 8.29. The quantitative estimate of drug-likeness (QED) is 0.678. The van der Waals surface area contributed by atoms with Gasteiger partial charge in [-0.2, -0.15) is 5.10 Å². The molecule has 1 unspecified atom stereocenters. The number of rotatable bonds is 7. The van der Waals surface area contributed by atoms with E-state index in [0.717, 1.165) is 11.3 Å². The van der Waals surface area contributed by atoms with Crippen molar-refractivity contribution in [1.82, 2.24) is 9.78 Å². The molecule has 2 aromatic rings. The number of aromatic nitrogens is 2. The van der Waals surface area contributed by atoms with Crippen LogP contribution in [0, 0.1) is 13.8 Å². The van der Waals surface area contributed by atoms with Crippen LogP contribution >= 0.6 is 22.9 Å². The second-order valence-electron chi connectivity index (χ2n) is 5.97. The zero-order valence-electron chi connectivity index (χ0n) is 15.5. The molecule has 27 heavy (non-hydrogen) atoms. The topological polar surface area (TPSA) is 116 Å². The average molecular weight is 413 g/mol.